The maximum absolute atomic E-state index is 9.79. The van der Waals surface area contributed by atoms with Crippen molar-refractivity contribution in [3.05, 3.63) is 53.6 Å². The van der Waals surface area contributed by atoms with Crippen LogP contribution in [0.4, 0.5) is 11.8 Å². The van der Waals surface area contributed by atoms with Crippen molar-refractivity contribution in [2.45, 2.75) is 13.5 Å². The average Bonchev–Trinajstić information content (AvgIpc) is 2.91. The van der Waals surface area contributed by atoms with Crippen molar-refractivity contribution < 1.29 is 5.11 Å². The van der Waals surface area contributed by atoms with Crippen LogP contribution >= 0.6 is 0 Å². The zero-order valence-electron chi connectivity index (χ0n) is 13.2. The van der Waals surface area contributed by atoms with E-state index < -0.39 is 0 Å². The Morgan fingerprint density at radius 1 is 1.12 bits per heavy atom. The van der Waals surface area contributed by atoms with Gasteiger partial charge in [-0.15, -0.1) is 0 Å². The van der Waals surface area contributed by atoms with Gasteiger partial charge in [0.2, 0.25) is 5.95 Å². The first kappa shape index (κ1) is 14.3. The lowest BCUT2D eigenvalue weighted by Crippen LogP contribution is -2.05. The molecule has 0 saturated heterocycles. The third-order valence-electron chi connectivity index (χ3n) is 4.03. The predicted molar refractivity (Wildman–Crippen MR) is 96.0 cm³/mol. The molecule has 120 valence electrons. The number of nitrogens with two attached hydrogens (primary N) is 1. The second kappa shape index (κ2) is 5.42. The van der Waals surface area contributed by atoms with Crippen LogP contribution in [0.25, 0.3) is 21.9 Å². The fraction of sp³-hybridized carbons (Fsp3) is 0.111. The van der Waals surface area contributed by atoms with Gasteiger partial charge in [0.05, 0.1) is 5.39 Å². The number of aromatic hydroxyl groups is 1. The smallest absolute Gasteiger partial charge is 0.223 e. The van der Waals surface area contributed by atoms with E-state index in [1.807, 2.05) is 6.07 Å². The first-order chi connectivity index (χ1) is 11.6. The Bertz CT molecular complexity index is 1040. The second-order valence-electron chi connectivity index (χ2n) is 5.85. The number of aromatic amines is 1. The number of aromatic nitrogens is 3. The number of anilines is 2. The number of phenols is 1. The number of fused-ring (bicyclic) bond motifs is 3. The summed E-state index contributed by atoms with van der Waals surface area (Å²) in [5.74, 6) is 1.05. The number of phenolic OH excluding ortho intramolecular Hbond substituents is 1. The molecule has 5 N–H and O–H groups in total. The number of hydrogen-bond donors (Lipinski definition) is 4. The minimum atomic E-state index is 0.199. The van der Waals surface area contributed by atoms with E-state index in [2.05, 4.69) is 51.5 Å². The molecule has 2 aromatic heterocycles. The van der Waals surface area contributed by atoms with Crippen LogP contribution < -0.4 is 11.1 Å². The molecule has 0 amide bonds. The standard InChI is InChI=1S/C18H17N5O/c1-10-2-4-11(5-3-10)9-20-16-15-13-8-12(24)6-7-14(13)21-17(15)23-18(19)22-16/h2-8,24H,9H2,1H3,(H4,19,20,21,22,23). The van der Waals surface area contributed by atoms with Crippen LogP contribution in [0.2, 0.25) is 0 Å². The molecule has 0 atom stereocenters. The summed E-state index contributed by atoms with van der Waals surface area (Å²) in [5, 5.41) is 14.8. The summed E-state index contributed by atoms with van der Waals surface area (Å²) in [4.78, 5) is 11.8. The van der Waals surface area contributed by atoms with Crippen molar-refractivity contribution in [1.82, 2.24) is 15.0 Å². The molecule has 4 rings (SSSR count). The summed E-state index contributed by atoms with van der Waals surface area (Å²) in [6, 6.07) is 13.4. The molecule has 0 radical (unpaired) electrons. The van der Waals surface area contributed by atoms with Gasteiger partial charge in [-0.1, -0.05) is 29.8 Å². The van der Waals surface area contributed by atoms with E-state index in [1.54, 1.807) is 12.1 Å². The van der Waals surface area contributed by atoms with E-state index >= 15 is 0 Å². The molecule has 0 aliphatic heterocycles. The highest BCUT2D eigenvalue weighted by molar-refractivity contribution is 6.11. The number of hydrogen-bond acceptors (Lipinski definition) is 5. The number of nitrogen functional groups attached to an aromatic ring is 1. The SMILES string of the molecule is Cc1ccc(CNc2nc(N)nc3[nH]c4ccc(O)cc4c23)cc1. The predicted octanol–water partition coefficient (Wildman–Crippen LogP) is 3.32. The van der Waals surface area contributed by atoms with E-state index in [1.165, 1.54) is 5.56 Å². The van der Waals surface area contributed by atoms with Crippen LogP contribution in [0.15, 0.2) is 42.5 Å². The largest absolute Gasteiger partial charge is 0.508 e. The summed E-state index contributed by atoms with van der Waals surface area (Å²) in [5.41, 5.74) is 9.73. The summed E-state index contributed by atoms with van der Waals surface area (Å²) in [7, 11) is 0. The maximum Gasteiger partial charge on any atom is 0.223 e. The highest BCUT2D eigenvalue weighted by atomic mass is 16.3. The van der Waals surface area contributed by atoms with Gasteiger partial charge in [0.1, 0.15) is 17.2 Å². The van der Waals surface area contributed by atoms with E-state index in [9.17, 15) is 5.11 Å². The van der Waals surface area contributed by atoms with Crippen molar-refractivity contribution in [3.63, 3.8) is 0 Å². The molecule has 2 aromatic carbocycles. The van der Waals surface area contributed by atoms with Crippen molar-refractivity contribution in [2.24, 2.45) is 0 Å². The van der Waals surface area contributed by atoms with E-state index in [0.717, 1.165) is 21.9 Å². The first-order valence-corrected chi connectivity index (χ1v) is 7.67. The Balaban J connectivity index is 1.79. The second-order valence-corrected chi connectivity index (χ2v) is 5.85. The molecule has 0 unspecified atom stereocenters. The quantitative estimate of drug-likeness (QED) is 0.464. The van der Waals surface area contributed by atoms with Crippen LogP contribution in [0.1, 0.15) is 11.1 Å². The zero-order valence-corrected chi connectivity index (χ0v) is 13.2. The fourth-order valence-corrected chi connectivity index (χ4v) is 2.82. The van der Waals surface area contributed by atoms with Crippen molar-refractivity contribution in [3.8, 4) is 5.75 Å². The third kappa shape index (κ3) is 2.48. The highest BCUT2D eigenvalue weighted by Gasteiger charge is 2.13. The monoisotopic (exact) mass is 319 g/mol. The molecule has 2 heterocycles. The molecular formula is C18H17N5O. The van der Waals surface area contributed by atoms with E-state index in [-0.39, 0.29) is 11.7 Å². The van der Waals surface area contributed by atoms with Crippen LogP contribution in [0, 0.1) is 6.92 Å². The number of H-pyrrole nitrogens is 1. The molecule has 0 aliphatic rings. The van der Waals surface area contributed by atoms with E-state index in [0.29, 0.717) is 18.0 Å². The molecular weight excluding hydrogens is 302 g/mol. The molecule has 6 heteroatoms. The number of nitrogens with zero attached hydrogens (tertiary/aromatic N) is 2. The van der Waals surface area contributed by atoms with Crippen molar-refractivity contribution in [2.75, 3.05) is 11.1 Å². The number of rotatable bonds is 3. The topological polar surface area (TPSA) is 99.9 Å². The fourth-order valence-electron chi connectivity index (χ4n) is 2.82. The highest BCUT2D eigenvalue weighted by Crippen LogP contribution is 2.32. The summed E-state index contributed by atoms with van der Waals surface area (Å²) in [6.07, 6.45) is 0. The molecule has 6 nitrogen and oxygen atoms in total. The first-order valence-electron chi connectivity index (χ1n) is 7.67. The Morgan fingerprint density at radius 2 is 1.92 bits per heavy atom. The lowest BCUT2D eigenvalue weighted by molar-refractivity contribution is 0.476. The molecule has 0 aliphatic carbocycles. The zero-order chi connectivity index (χ0) is 16.7. The minimum absolute atomic E-state index is 0.199. The lowest BCUT2D eigenvalue weighted by atomic mass is 10.1. The Labute approximate surface area is 138 Å². The number of benzene rings is 2. The molecule has 0 saturated carbocycles. The average molecular weight is 319 g/mol. The van der Waals surface area contributed by atoms with Crippen LogP contribution in [-0.2, 0) is 6.54 Å². The number of nitrogens with one attached hydrogen (secondary N) is 2. The van der Waals surface area contributed by atoms with Gasteiger partial charge in [-0.2, -0.15) is 9.97 Å². The van der Waals surface area contributed by atoms with Gasteiger partial charge in [0, 0.05) is 17.4 Å². The Kier molecular flexibility index (Phi) is 3.23. The van der Waals surface area contributed by atoms with Gasteiger partial charge in [0.15, 0.2) is 0 Å². The maximum atomic E-state index is 9.79. The lowest BCUT2D eigenvalue weighted by Gasteiger charge is -2.08. The van der Waals surface area contributed by atoms with Gasteiger partial charge in [-0.05, 0) is 30.7 Å². The normalized spacial score (nSPS) is 11.2. The minimum Gasteiger partial charge on any atom is -0.508 e. The van der Waals surface area contributed by atoms with Crippen LogP contribution in [-0.4, -0.2) is 20.1 Å². The van der Waals surface area contributed by atoms with Gasteiger partial charge in [-0.3, -0.25) is 0 Å². The van der Waals surface area contributed by atoms with Crippen molar-refractivity contribution in [1.29, 1.82) is 0 Å². The molecule has 0 bridgehead atoms. The summed E-state index contributed by atoms with van der Waals surface area (Å²) >= 11 is 0. The van der Waals surface area contributed by atoms with Crippen LogP contribution in [0.5, 0.6) is 5.75 Å². The van der Waals surface area contributed by atoms with Gasteiger partial charge in [0.25, 0.3) is 0 Å². The molecule has 4 aromatic rings. The van der Waals surface area contributed by atoms with Crippen LogP contribution in [0.3, 0.4) is 0 Å². The Hall–Kier alpha value is -3.28. The summed E-state index contributed by atoms with van der Waals surface area (Å²) < 4.78 is 0. The number of aryl methyl sites for hydroxylation is 1. The molecule has 24 heavy (non-hydrogen) atoms. The summed E-state index contributed by atoms with van der Waals surface area (Å²) in [6.45, 7) is 2.68. The Morgan fingerprint density at radius 3 is 2.71 bits per heavy atom. The van der Waals surface area contributed by atoms with E-state index in [4.69, 9.17) is 5.73 Å². The van der Waals surface area contributed by atoms with Gasteiger partial charge in [-0.25, -0.2) is 0 Å². The molecule has 0 fully saturated rings. The van der Waals surface area contributed by atoms with Gasteiger partial charge < -0.3 is 21.1 Å². The van der Waals surface area contributed by atoms with Crippen molar-refractivity contribution >= 4 is 33.7 Å². The molecule has 0 spiro atoms. The van der Waals surface area contributed by atoms with Gasteiger partial charge >= 0.3 is 0 Å². The third-order valence-corrected chi connectivity index (χ3v) is 4.03.